The molecule has 0 heterocycles. The smallest absolute Gasteiger partial charge is 0.308 e. The zero-order valence-corrected chi connectivity index (χ0v) is 15.4. The van der Waals surface area contributed by atoms with Crippen LogP contribution in [0.15, 0.2) is 42.5 Å². The van der Waals surface area contributed by atoms with Crippen LogP contribution in [0.25, 0.3) is 0 Å². The number of hydrogen-bond acceptors (Lipinski definition) is 3. The largest absolute Gasteiger partial charge is 0.496 e. The molecule has 2 aromatic carbocycles. The molecule has 0 saturated heterocycles. The molecule has 26 heavy (non-hydrogen) atoms. The van der Waals surface area contributed by atoms with Crippen molar-refractivity contribution >= 4 is 11.9 Å². The van der Waals surface area contributed by atoms with E-state index in [0.717, 1.165) is 22.3 Å². The van der Waals surface area contributed by atoms with E-state index in [9.17, 15) is 14.7 Å². The Morgan fingerprint density at radius 3 is 2.50 bits per heavy atom. The molecule has 0 radical (unpaired) electrons. The number of carbonyl (C=O) groups excluding carboxylic acids is 1. The van der Waals surface area contributed by atoms with E-state index >= 15 is 0 Å². The van der Waals surface area contributed by atoms with Gasteiger partial charge < -0.3 is 15.2 Å². The van der Waals surface area contributed by atoms with Gasteiger partial charge in [-0.05, 0) is 31.9 Å². The molecule has 0 bridgehead atoms. The molecular formula is C21H25NO4. The second-order valence-electron chi connectivity index (χ2n) is 6.52. The minimum atomic E-state index is -0.917. The number of aliphatic carboxylic acids is 1. The highest BCUT2D eigenvalue weighted by atomic mass is 16.5. The quantitative estimate of drug-likeness (QED) is 0.763. The highest BCUT2D eigenvalue weighted by molar-refractivity contribution is 5.80. The van der Waals surface area contributed by atoms with E-state index in [4.69, 9.17) is 4.74 Å². The third kappa shape index (κ3) is 5.62. The van der Waals surface area contributed by atoms with E-state index in [1.54, 1.807) is 7.11 Å². The van der Waals surface area contributed by atoms with Gasteiger partial charge in [0, 0.05) is 12.1 Å². The summed E-state index contributed by atoms with van der Waals surface area (Å²) in [7, 11) is 1.56. The average Bonchev–Trinajstić information content (AvgIpc) is 2.58. The summed E-state index contributed by atoms with van der Waals surface area (Å²) in [5.41, 5.74) is 3.86. The number of amides is 1. The maximum Gasteiger partial charge on any atom is 0.308 e. The van der Waals surface area contributed by atoms with Gasteiger partial charge in [-0.15, -0.1) is 0 Å². The summed E-state index contributed by atoms with van der Waals surface area (Å²) in [6.07, 6.45) is 0.534. The molecule has 2 rings (SSSR count). The van der Waals surface area contributed by atoms with Crippen molar-refractivity contribution in [3.63, 3.8) is 0 Å². The van der Waals surface area contributed by atoms with E-state index < -0.39 is 11.9 Å². The lowest BCUT2D eigenvalue weighted by atomic mass is 9.98. The first kappa shape index (κ1) is 19.5. The van der Waals surface area contributed by atoms with Crippen LogP contribution in [0.5, 0.6) is 5.75 Å². The number of nitrogens with one attached hydrogen (secondary N) is 1. The Bertz CT molecular complexity index is 785. The number of methoxy groups -OCH3 is 1. The monoisotopic (exact) mass is 355 g/mol. The molecule has 2 N–H and O–H groups in total. The fourth-order valence-corrected chi connectivity index (χ4v) is 2.89. The lowest BCUT2D eigenvalue weighted by Crippen LogP contribution is -2.35. The predicted octanol–water partition coefficient (Wildman–Crippen LogP) is 2.91. The van der Waals surface area contributed by atoms with Gasteiger partial charge in [-0.1, -0.05) is 47.5 Å². The van der Waals surface area contributed by atoms with Gasteiger partial charge in [-0.2, -0.15) is 0 Å². The van der Waals surface area contributed by atoms with Crippen molar-refractivity contribution in [1.82, 2.24) is 5.32 Å². The van der Waals surface area contributed by atoms with Crippen molar-refractivity contribution in [3.05, 3.63) is 64.7 Å². The van der Waals surface area contributed by atoms with E-state index in [2.05, 4.69) is 5.32 Å². The van der Waals surface area contributed by atoms with Gasteiger partial charge >= 0.3 is 5.97 Å². The van der Waals surface area contributed by atoms with Crippen molar-refractivity contribution in [2.75, 3.05) is 13.7 Å². The number of rotatable bonds is 8. The van der Waals surface area contributed by atoms with Gasteiger partial charge in [0.15, 0.2) is 0 Å². The minimum absolute atomic E-state index is 0.0935. The second kappa shape index (κ2) is 9.04. The predicted molar refractivity (Wildman–Crippen MR) is 100 cm³/mol. The van der Waals surface area contributed by atoms with Crippen LogP contribution in [-0.4, -0.2) is 30.6 Å². The topological polar surface area (TPSA) is 75.6 Å². The van der Waals surface area contributed by atoms with Crippen LogP contribution in [0.3, 0.4) is 0 Å². The van der Waals surface area contributed by atoms with Crippen LogP contribution >= 0.6 is 0 Å². The summed E-state index contributed by atoms with van der Waals surface area (Å²) in [6, 6.07) is 13.4. The molecule has 0 spiro atoms. The van der Waals surface area contributed by atoms with Crippen LogP contribution in [0, 0.1) is 19.8 Å². The molecule has 1 unspecified atom stereocenters. The molecule has 138 valence electrons. The van der Waals surface area contributed by atoms with Gasteiger partial charge in [-0.25, -0.2) is 0 Å². The average molecular weight is 355 g/mol. The van der Waals surface area contributed by atoms with Crippen LogP contribution in [0.4, 0.5) is 0 Å². The maximum absolute atomic E-state index is 12.3. The van der Waals surface area contributed by atoms with E-state index in [0.29, 0.717) is 12.2 Å². The molecule has 5 heteroatoms. The number of aryl methyl sites for hydroxylation is 2. The molecule has 1 atom stereocenters. The number of benzene rings is 2. The number of ether oxygens (including phenoxy) is 1. The highest BCUT2D eigenvalue weighted by Gasteiger charge is 2.19. The van der Waals surface area contributed by atoms with Crippen molar-refractivity contribution in [3.8, 4) is 5.75 Å². The summed E-state index contributed by atoms with van der Waals surface area (Å²) in [4.78, 5) is 23.8. The molecule has 0 aliphatic heterocycles. The Morgan fingerprint density at radius 2 is 1.85 bits per heavy atom. The van der Waals surface area contributed by atoms with Crippen molar-refractivity contribution in [2.24, 2.45) is 5.92 Å². The number of carboxylic acid groups (broad SMARTS) is 1. The Morgan fingerprint density at radius 1 is 1.12 bits per heavy atom. The van der Waals surface area contributed by atoms with Crippen LogP contribution < -0.4 is 10.1 Å². The van der Waals surface area contributed by atoms with Crippen molar-refractivity contribution in [2.45, 2.75) is 26.7 Å². The minimum Gasteiger partial charge on any atom is -0.496 e. The Balaban J connectivity index is 1.97. The summed E-state index contributed by atoms with van der Waals surface area (Å²) < 4.78 is 5.28. The first-order chi connectivity index (χ1) is 12.4. The summed E-state index contributed by atoms with van der Waals surface area (Å²) in [5, 5.41) is 12.2. The van der Waals surface area contributed by atoms with Crippen molar-refractivity contribution in [1.29, 1.82) is 0 Å². The zero-order valence-electron chi connectivity index (χ0n) is 15.4. The molecule has 0 fully saturated rings. The molecular weight excluding hydrogens is 330 g/mol. The van der Waals surface area contributed by atoms with E-state index in [1.165, 1.54) is 0 Å². The Kier molecular flexibility index (Phi) is 6.78. The molecule has 1 amide bonds. The fourth-order valence-electron chi connectivity index (χ4n) is 2.89. The Hall–Kier alpha value is -2.82. The standard InChI is InChI=1S/C21H25NO4/c1-14-5-4-6-16(9-14)11-18(21(24)25)13-22-20(23)12-17-10-15(2)7-8-19(17)26-3/h4-10,18H,11-13H2,1-3H3,(H,22,23)(H,24,25). The van der Waals surface area contributed by atoms with Crippen LogP contribution in [-0.2, 0) is 22.4 Å². The van der Waals surface area contributed by atoms with Gasteiger partial charge in [0.1, 0.15) is 5.75 Å². The first-order valence-electron chi connectivity index (χ1n) is 8.57. The lowest BCUT2D eigenvalue weighted by molar-refractivity contribution is -0.141. The zero-order chi connectivity index (χ0) is 19.1. The summed E-state index contributed by atoms with van der Waals surface area (Å²) >= 11 is 0. The maximum atomic E-state index is 12.3. The second-order valence-corrected chi connectivity index (χ2v) is 6.52. The molecule has 0 saturated carbocycles. The molecule has 0 aliphatic rings. The van der Waals surface area contributed by atoms with Gasteiger partial charge in [0.05, 0.1) is 19.4 Å². The lowest BCUT2D eigenvalue weighted by Gasteiger charge is -2.15. The Labute approximate surface area is 154 Å². The normalized spacial score (nSPS) is 11.7. The highest BCUT2D eigenvalue weighted by Crippen LogP contribution is 2.20. The summed E-state index contributed by atoms with van der Waals surface area (Å²) in [6.45, 7) is 4.01. The van der Waals surface area contributed by atoms with Crippen molar-refractivity contribution < 1.29 is 19.4 Å². The molecule has 2 aromatic rings. The number of carbonyl (C=O) groups is 2. The molecule has 5 nitrogen and oxygen atoms in total. The van der Waals surface area contributed by atoms with E-state index in [1.807, 2.05) is 56.3 Å². The molecule has 0 aromatic heterocycles. The van der Waals surface area contributed by atoms with E-state index in [-0.39, 0.29) is 18.9 Å². The fraction of sp³-hybridized carbons (Fsp3) is 0.333. The third-order valence-corrected chi connectivity index (χ3v) is 4.25. The van der Waals surface area contributed by atoms with Gasteiger partial charge in [0.25, 0.3) is 0 Å². The van der Waals surface area contributed by atoms with Gasteiger partial charge in [-0.3, -0.25) is 9.59 Å². The number of hydrogen-bond donors (Lipinski definition) is 2. The van der Waals surface area contributed by atoms with Crippen LogP contribution in [0.1, 0.15) is 22.3 Å². The number of carboxylic acids is 1. The SMILES string of the molecule is COc1ccc(C)cc1CC(=O)NCC(Cc1cccc(C)c1)C(=O)O. The first-order valence-corrected chi connectivity index (χ1v) is 8.57. The van der Waals surface area contributed by atoms with Gasteiger partial charge in [0.2, 0.25) is 5.91 Å². The van der Waals surface area contributed by atoms with Crippen LogP contribution in [0.2, 0.25) is 0 Å². The third-order valence-electron chi connectivity index (χ3n) is 4.25. The molecule has 0 aliphatic carbocycles. The summed E-state index contributed by atoms with van der Waals surface area (Å²) in [5.74, 6) is -1.15.